The lowest BCUT2D eigenvalue weighted by molar-refractivity contribution is -0.137. The van der Waals surface area contributed by atoms with E-state index in [2.05, 4.69) is 10.2 Å². The molecule has 2 heterocycles. The van der Waals surface area contributed by atoms with Gasteiger partial charge in [0, 0.05) is 51.2 Å². The van der Waals surface area contributed by atoms with Gasteiger partial charge < -0.3 is 20.0 Å². The molecule has 2 unspecified atom stereocenters. The fourth-order valence-corrected chi connectivity index (χ4v) is 4.49. The van der Waals surface area contributed by atoms with Crippen LogP contribution in [0.1, 0.15) is 30.9 Å². The molecule has 0 saturated carbocycles. The molecule has 2 aliphatic rings. The first kappa shape index (κ1) is 22.8. The van der Waals surface area contributed by atoms with Gasteiger partial charge in [-0.2, -0.15) is 13.2 Å². The Balaban J connectivity index is 1.87. The van der Waals surface area contributed by atoms with Crippen LogP contribution in [0.3, 0.4) is 0 Å². The molecule has 9 heteroatoms. The van der Waals surface area contributed by atoms with E-state index >= 15 is 0 Å². The lowest BCUT2D eigenvalue weighted by Gasteiger charge is -2.35. The number of alkyl halides is 3. The topological polar surface area (TPSA) is 38.8 Å². The Kier molecular flexibility index (Phi) is 6.91. The molecule has 30 heavy (non-hydrogen) atoms. The molecule has 2 atom stereocenters. The average Bonchev–Trinajstić information content (AvgIpc) is 3.12. The van der Waals surface area contributed by atoms with Crippen molar-refractivity contribution in [2.24, 2.45) is 5.92 Å². The van der Waals surface area contributed by atoms with E-state index in [1.807, 2.05) is 30.7 Å². The lowest BCUT2D eigenvalue weighted by Crippen LogP contribution is -2.50. The number of benzene rings is 1. The second-order valence-electron chi connectivity index (χ2n) is 8.47. The number of hydrogen-bond acceptors (Lipinski definition) is 3. The van der Waals surface area contributed by atoms with Gasteiger partial charge in [-0.15, -0.1) is 0 Å². The minimum atomic E-state index is -4.42. The first-order chi connectivity index (χ1) is 14.1. The molecule has 0 bridgehead atoms. The smallest absolute Gasteiger partial charge is 0.360 e. The second-order valence-corrected chi connectivity index (χ2v) is 8.86. The van der Waals surface area contributed by atoms with Crippen LogP contribution in [0.15, 0.2) is 24.3 Å². The predicted octanol–water partition coefficient (Wildman–Crippen LogP) is 2.78. The Morgan fingerprint density at radius 2 is 1.80 bits per heavy atom. The van der Waals surface area contributed by atoms with Crippen molar-refractivity contribution in [3.8, 4) is 0 Å². The van der Waals surface area contributed by atoms with Gasteiger partial charge in [0.1, 0.15) is 0 Å². The first-order valence-electron chi connectivity index (χ1n) is 10.3. The molecule has 1 aromatic carbocycles. The highest BCUT2D eigenvalue weighted by molar-refractivity contribution is 7.80. The molecule has 3 rings (SSSR count). The van der Waals surface area contributed by atoms with Gasteiger partial charge in [0.25, 0.3) is 0 Å². The molecular weight excluding hydrogens is 413 g/mol. The molecule has 2 fully saturated rings. The van der Waals surface area contributed by atoms with Crippen molar-refractivity contribution in [1.29, 1.82) is 0 Å². The third-order valence-electron chi connectivity index (χ3n) is 5.79. The highest BCUT2D eigenvalue weighted by Crippen LogP contribution is 2.37. The van der Waals surface area contributed by atoms with Gasteiger partial charge in [0.15, 0.2) is 5.11 Å². The summed E-state index contributed by atoms with van der Waals surface area (Å²) in [5.74, 6) is -0.768. The number of nitrogens with zero attached hydrogens (tertiary/aromatic N) is 3. The number of piperazine rings is 1. The summed E-state index contributed by atoms with van der Waals surface area (Å²) in [6.07, 6.45) is -4.42. The van der Waals surface area contributed by atoms with Crippen LogP contribution in [-0.2, 0) is 11.0 Å². The molecule has 0 aromatic heterocycles. The van der Waals surface area contributed by atoms with Gasteiger partial charge in [-0.3, -0.25) is 4.79 Å². The van der Waals surface area contributed by atoms with Crippen LogP contribution in [0.4, 0.5) is 13.2 Å². The van der Waals surface area contributed by atoms with E-state index in [-0.39, 0.29) is 17.9 Å². The van der Waals surface area contributed by atoms with Crippen LogP contribution in [-0.4, -0.2) is 78.1 Å². The molecule has 1 N–H and O–H groups in total. The summed E-state index contributed by atoms with van der Waals surface area (Å²) < 4.78 is 39.8. The van der Waals surface area contributed by atoms with Crippen LogP contribution < -0.4 is 5.32 Å². The Labute approximate surface area is 181 Å². The number of hydrogen-bond donors (Lipinski definition) is 1. The summed E-state index contributed by atoms with van der Waals surface area (Å²) in [6.45, 7) is 7.63. The Bertz CT molecular complexity index is 778. The van der Waals surface area contributed by atoms with Crippen molar-refractivity contribution in [1.82, 2.24) is 20.0 Å². The minimum Gasteiger partial charge on any atom is -0.360 e. The number of thiocarbonyl (C=S) groups is 1. The van der Waals surface area contributed by atoms with E-state index < -0.39 is 17.7 Å². The van der Waals surface area contributed by atoms with E-state index in [1.165, 1.54) is 12.1 Å². The zero-order chi connectivity index (χ0) is 22.1. The molecule has 1 aromatic rings. The van der Waals surface area contributed by atoms with Crippen molar-refractivity contribution in [2.75, 3.05) is 46.3 Å². The largest absolute Gasteiger partial charge is 0.416 e. The first-order valence-corrected chi connectivity index (χ1v) is 10.7. The zero-order valence-electron chi connectivity index (χ0n) is 17.6. The molecule has 0 radical (unpaired) electrons. The van der Waals surface area contributed by atoms with Crippen molar-refractivity contribution in [3.63, 3.8) is 0 Å². The predicted molar refractivity (Wildman–Crippen MR) is 114 cm³/mol. The van der Waals surface area contributed by atoms with Crippen molar-refractivity contribution in [3.05, 3.63) is 35.4 Å². The summed E-state index contributed by atoms with van der Waals surface area (Å²) in [6, 6.07) is 5.49. The fraction of sp³-hybridized carbons (Fsp3) is 0.619. The normalized spacial score (nSPS) is 23.2. The molecule has 1 amide bonds. The van der Waals surface area contributed by atoms with Crippen molar-refractivity contribution >= 4 is 23.2 Å². The van der Waals surface area contributed by atoms with Crippen LogP contribution in [0.25, 0.3) is 0 Å². The van der Waals surface area contributed by atoms with E-state index in [1.54, 1.807) is 6.07 Å². The Morgan fingerprint density at radius 3 is 2.40 bits per heavy atom. The van der Waals surface area contributed by atoms with Crippen molar-refractivity contribution < 1.29 is 18.0 Å². The summed E-state index contributed by atoms with van der Waals surface area (Å²) in [4.78, 5) is 19.3. The molecule has 166 valence electrons. The van der Waals surface area contributed by atoms with E-state index in [4.69, 9.17) is 12.2 Å². The standard InChI is InChI=1S/C21H29F3N4OS/c1-14(2)25-20(30)28-12-17(15-5-4-6-16(11-15)21(22,23)24)18(13-28)19(29)27-9-7-26(3)8-10-27/h4-6,11,14,17-18H,7-10,12-13H2,1-3H3,(H,25,30). The molecule has 0 aliphatic carbocycles. The lowest BCUT2D eigenvalue weighted by atomic mass is 9.87. The number of likely N-dealkylation sites (N-methyl/N-ethyl adjacent to an activating group) is 1. The Morgan fingerprint density at radius 1 is 1.13 bits per heavy atom. The number of amides is 1. The van der Waals surface area contributed by atoms with Gasteiger partial charge in [0.2, 0.25) is 5.91 Å². The second kappa shape index (κ2) is 9.09. The van der Waals surface area contributed by atoms with E-state index in [0.717, 1.165) is 19.2 Å². The number of halogens is 3. The maximum absolute atomic E-state index is 13.4. The van der Waals surface area contributed by atoms with Gasteiger partial charge in [-0.05, 0) is 44.7 Å². The van der Waals surface area contributed by atoms with Crippen LogP contribution in [0.5, 0.6) is 0 Å². The van der Waals surface area contributed by atoms with Gasteiger partial charge in [-0.25, -0.2) is 0 Å². The average molecular weight is 443 g/mol. The van der Waals surface area contributed by atoms with Gasteiger partial charge >= 0.3 is 6.18 Å². The van der Waals surface area contributed by atoms with E-state index in [0.29, 0.717) is 36.9 Å². The summed E-state index contributed by atoms with van der Waals surface area (Å²) in [5.41, 5.74) is -0.153. The monoisotopic (exact) mass is 442 g/mol. The molecule has 5 nitrogen and oxygen atoms in total. The van der Waals surface area contributed by atoms with Crippen LogP contribution in [0.2, 0.25) is 0 Å². The van der Waals surface area contributed by atoms with Gasteiger partial charge in [-0.1, -0.05) is 18.2 Å². The highest BCUT2D eigenvalue weighted by atomic mass is 32.1. The minimum absolute atomic E-state index is 0.000332. The zero-order valence-corrected chi connectivity index (χ0v) is 18.4. The highest BCUT2D eigenvalue weighted by Gasteiger charge is 2.42. The number of likely N-dealkylation sites (tertiary alicyclic amines) is 1. The van der Waals surface area contributed by atoms with Crippen molar-refractivity contribution in [2.45, 2.75) is 32.0 Å². The molecule has 2 aliphatic heterocycles. The van der Waals surface area contributed by atoms with E-state index in [9.17, 15) is 18.0 Å². The maximum atomic E-state index is 13.4. The fourth-order valence-electron chi connectivity index (χ4n) is 4.10. The number of nitrogens with one attached hydrogen (secondary N) is 1. The maximum Gasteiger partial charge on any atom is 0.416 e. The number of rotatable bonds is 3. The third kappa shape index (κ3) is 5.24. The Hall–Kier alpha value is -1.87. The summed E-state index contributed by atoms with van der Waals surface area (Å²) in [5, 5.41) is 3.72. The number of carbonyl (C=O) groups excluding carboxylic acids is 1. The third-order valence-corrected chi connectivity index (χ3v) is 6.17. The van der Waals surface area contributed by atoms with Crippen LogP contribution >= 0.6 is 12.2 Å². The SMILES string of the molecule is CC(C)NC(=S)N1CC(C(=O)N2CCN(C)CC2)C(c2cccc(C(F)(F)F)c2)C1. The molecular formula is C21H29F3N4OS. The number of carbonyl (C=O) groups is 1. The quantitative estimate of drug-likeness (QED) is 0.729. The summed E-state index contributed by atoms with van der Waals surface area (Å²) in [7, 11) is 2.01. The van der Waals surface area contributed by atoms with Crippen LogP contribution in [0, 0.1) is 5.92 Å². The molecule has 2 saturated heterocycles. The van der Waals surface area contributed by atoms with Gasteiger partial charge in [0.05, 0.1) is 11.5 Å². The molecule has 0 spiro atoms. The summed E-state index contributed by atoms with van der Waals surface area (Å²) >= 11 is 5.49.